The summed E-state index contributed by atoms with van der Waals surface area (Å²) in [7, 11) is 2.06. The smallest absolute Gasteiger partial charge is 0.275 e. The second-order valence-electron chi connectivity index (χ2n) is 6.53. The number of likely N-dealkylation sites (N-methyl/N-ethyl adjacent to an activating group) is 1. The van der Waals surface area contributed by atoms with Gasteiger partial charge in [0.15, 0.2) is 5.69 Å². The van der Waals surface area contributed by atoms with Gasteiger partial charge in [-0.25, -0.2) is 4.68 Å². The Morgan fingerprint density at radius 2 is 1.96 bits per heavy atom. The summed E-state index contributed by atoms with van der Waals surface area (Å²) in [5.41, 5.74) is 0.255. The van der Waals surface area contributed by atoms with Gasteiger partial charge in [0.05, 0.1) is 5.39 Å². The van der Waals surface area contributed by atoms with Crippen LogP contribution in [0.15, 0.2) is 29.1 Å². The summed E-state index contributed by atoms with van der Waals surface area (Å²) in [5, 5.41) is 5.62. The number of aryl methyl sites for hydroxylation is 1. The van der Waals surface area contributed by atoms with Gasteiger partial charge in [-0.3, -0.25) is 9.59 Å². The van der Waals surface area contributed by atoms with Crippen molar-refractivity contribution in [2.24, 2.45) is 0 Å². The molecule has 6 nitrogen and oxygen atoms in total. The van der Waals surface area contributed by atoms with Gasteiger partial charge in [0, 0.05) is 37.6 Å². The largest absolute Gasteiger partial charge is 0.332 e. The van der Waals surface area contributed by atoms with E-state index in [9.17, 15) is 9.59 Å². The van der Waals surface area contributed by atoms with Crippen LogP contribution in [0, 0.1) is 0 Å². The Balaban J connectivity index is 2.09. The Morgan fingerprint density at radius 1 is 1.25 bits per heavy atom. The number of rotatable bonds is 3. The van der Waals surface area contributed by atoms with Crippen LogP contribution in [0.3, 0.4) is 0 Å². The summed E-state index contributed by atoms with van der Waals surface area (Å²) in [6.45, 7) is 6.94. The molecule has 0 spiro atoms. The second-order valence-corrected chi connectivity index (χ2v) is 6.53. The number of benzene rings is 1. The van der Waals surface area contributed by atoms with Crippen molar-refractivity contribution in [2.45, 2.75) is 32.9 Å². The van der Waals surface area contributed by atoms with Gasteiger partial charge in [0.1, 0.15) is 0 Å². The third-order valence-electron chi connectivity index (χ3n) is 4.60. The minimum Gasteiger partial charge on any atom is -0.332 e. The minimum atomic E-state index is -0.129. The maximum atomic E-state index is 13.1. The van der Waals surface area contributed by atoms with Gasteiger partial charge in [0.2, 0.25) is 0 Å². The maximum absolute atomic E-state index is 13.1. The highest BCUT2D eigenvalue weighted by atomic mass is 16.2. The van der Waals surface area contributed by atoms with E-state index in [1.165, 1.54) is 4.68 Å². The van der Waals surface area contributed by atoms with Crippen LogP contribution in [-0.4, -0.2) is 58.2 Å². The Bertz CT molecular complexity index is 814. The fourth-order valence-corrected chi connectivity index (χ4v) is 3.33. The van der Waals surface area contributed by atoms with Crippen molar-refractivity contribution in [3.05, 3.63) is 40.3 Å². The van der Waals surface area contributed by atoms with Gasteiger partial charge >= 0.3 is 0 Å². The summed E-state index contributed by atoms with van der Waals surface area (Å²) in [6.07, 6.45) is 0.795. The summed E-state index contributed by atoms with van der Waals surface area (Å²) in [6, 6.07) is 7.39. The van der Waals surface area contributed by atoms with Crippen molar-refractivity contribution in [1.82, 2.24) is 19.6 Å². The van der Waals surface area contributed by atoms with Crippen LogP contribution < -0.4 is 5.56 Å². The first-order valence-electron chi connectivity index (χ1n) is 8.52. The van der Waals surface area contributed by atoms with Crippen LogP contribution in [-0.2, 0) is 6.54 Å². The molecular weight excluding hydrogens is 304 g/mol. The predicted molar refractivity (Wildman–Crippen MR) is 94.3 cm³/mol. The molecule has 1 aromatic heterocycles. The third-order valence-corrected chi connectivity index (χ3v) is 4.60. The van der Waals surface area contributed by atoms with Crippen molar-refractivity contribution in [3.63, 3.8) is 0 Å². The molecule has 1 saturated heterocycles. The minimum absolute atomic E-state index is 0.0864. The highest BCUT2D eigenvalue weighted by molar-refractivity contribution is 6.04. The quantitative estimate of drug-likeness (QED) is 0.858. The third kappa shape index (κ3) is 2.94. The first-order chi connectivity index (χ1) is 11.5. The van der Waals surface area contributed by atoms with E-state index in [4.69, 9.17) is 0 Å². The first-order valence-corrected chi connectivity index (χ1v) is 8.52. The zero-order valence-corrected chi connectivity index (χ0v) is 14.5. The van der Waals surface area contributed by atoms with E-state index in [1.807, 2.05) is 30.0 Å². The van der Waals surface area contributed by atoms with Crippen molar-refractivity contribution in [1.29, 1.82) is 0 Å². The van der Waals surface area contributed by atoms with E-state index in [2.05, 4.69) is 24.0 Å². The standard InChI is InChI=1S/C18H24N4O2/c1-4-9-22-17(23)15-8-6-5-7-14(15)16(19-22)18(24)21-11-10-20(3)12-13(21)2/h5-8,13H,4,9-12H2,1-3H3/t13-/m1/s1. The molecule has 0 saturated carbocycles. The number of carbonyl (C=O) groups is 1. The Morgan fingerprint density at radius 3 is 2.62 bits per heavy atom. The summed E-state index contributed by atoms with van der Waals surface area (Å²) < 4.78 is 1.43. The molecule has 1 fully saturated rings. The van der Waals surface area contributed by atoms with E-state index in [1.54, 1.807) is 6.07 Å². The molecule has 1 aliphatic heterocycles. The lowest BCUT2D eigenvalue weighted by Gasteiger charge is -2.38. The first kappa shape index (κ1) is 16.6. The lowest BCUT2D eigenvalue weighted by atomic mass is 10.1. The normalized spacial score (nSPS) is 19.0. The zero-order valence-electron chi connectivity index (χ0n) is 14.5. The molecule has 0 radical (unpaired) electrons. The molecule has 0 aliphatic carbocycles. The molecule has 2 aromatic rings. The van der Waals surface area contributed by atoms with Crippen LogP contribution >= 0.6 is 0 Å². The number of piperazine rings is 1. The highest BCUT2D eigenvalue weighted by Crippen LogP contribution is 2.18. The topological polar surface area (TPSA) is 58.4 Å². The lowest BCUT2D eigenvalue weighted by Crippen LogP contribution is -2.53. The molecule has 0 N–H and O–H groups in total. The summed E-state index contributed by atoms with van der Waals surface area (Å²) in [4.78, 5) is 29.8. The van der Waals surface area contributed by atoms with Crippen molar-refractivity contribution in [3.8, 4) is 0 Å². The molecule has 0 unspecified atom stereocenters. The van der Waals surface area contributed by atoms with Gasteiger partial charge in [-0.2, -0.15) is 5.10 Å². The molecule has 24 heavy (non-hydrogen) atoms. The van der Waals surface area contributed by atoms with E-state index in [0.717, 1.165) is 19.5 Å². The second kappa shape index (κ2) is 6.73. The SMILES string of the molecule is CCCn1nc(C(=O)N2CCN(C)C[C@H]2C)c2ccccc2c1=O. The lowest BCUT2D eigenvalue weighted by molar-refractivity contribution is 0.0527. The van der Waals surface area contributed by atoms with E-state index in [-0.39, 0.29) is 17.5 Å². The fraction of sp³-hybridized carbons (Fsp3) is 0.500. The van der Waals surface area contributed by atoms with Gasteiger partial charge in [-0.05, 0) is 26.5 Å². The molecule has 0 bridgehead atoms. The number of hydrogen-bond acceptors (Lipinski definition) is 4. The monoisotopic (exact) mass is 328 g/mol. The number of hydrogen-bond donors (Lipinski definition) is 0. The molecule has 3 rings (SSSR count). The number of aromatic nitrogens is 2. The zero-order chi connectivity index (χ0) is 17.3. The van der Waals surface area contributed by atoms with Gasteiger partial charge in [-0.1, -0.05) is 25.1 Å². The van der Waals surface area contributed by atoms with Gasteiger partial charge in [0.25, 0.3) is 11.5 Å². The molecule has 1 amide bonds. The van der Waals surface area contributed by atoms with Crippen LogP contribution in [0.4, 0.5) is 0 Å². The highest BCUT2D eigenvalue weighted by Gasteiger charge is 2.29. The van der Waals surface area contributed by atoms with Gasteiger partial charge < -0.3 is 9.80 Å². The van der Waals surface area contributed by atoms with Crippen molar-refractivity contribution >= 4 is 16.7 Å². The molecule has 2 heterocycles. The van der Waals surface area contributed by atoms with Crippen molar-refractivity contribution < 1.29 is 4.79 Å². The van der Waals surface area contributed by atoms with Crippen LogP contribution in [0.25, 0.3) is 10.8 Å². The summed E-state index contributed by atoms with van der Waals surface area (Å²) >= 11 is 0. The van der Waals surface area contributed by atoms with E-state index >= 15 is 0 Å². The van der Waals surface area contributed by atoms with Crippen LogP contribution in [0.1, 0.15) is 30.8 Å². The number of carbonyl (C=O) groups excluding carboxylic acids is 1. The molecule has 1 atom stereocenters. The number of amides is 1. The Labute approximate surface area is 141 Å². The maximum Gasteiger partial charge on any atom is 0.275 e. The molecule has 1 aromatic carbocycles. The van der Waals surface area contributed by atoms with Gasteiger partial charge in [-0.15, -0.1) is 0 Å². The number of fused-ring (bicyclic) bond motifs is 1. The Hall–Kier alpha value is -2.21. The Kier molecular flexibility index (Phi) is 4.66. The van der Waals surface area contributed by atoms with E-state index < -0.39 is 0 Å². The predicted octanol–water partition coefficient (Wildman–Crippen LogP) is 1.58. The van der Waals surface area contributed by atoms with Crippen LogP contribution in [0.2, 0.25) is 0 Å². The van der Waals surface area contributed by atoms with Crippen molar-refractivity contribution in [2.75, 3.05) is 26.7 Å². The summed E-state index contributed by atoms with van der Waals surface area (Å²) in [5.74, 6) is -0.0864. The molecule has 1 aliphatic rings. The molecular formula is C18H24N4O2. The average molecular weight is 328 g/mol. The van der Waals surface area contributed by atoms with Crippen LogP contribution in [0.5, 0.6) is 0 Å². The number of nitrogens with zero attached hydrogens (tertiary/aromatic N) is 4. The van der Waals surface area contributed by atoms with E-state index in [0.29, 0.717) is 29.6 Å². The molecule has 128 valence electrons. The fourth-order valence-electron chi connectivity index (χ4n) is 3.33. The average Bonchev–Trinajstić information content (AvgIpc) is 2.57. The molecule has 6 heteroatoms.